The van der Waals surface area contributed by atoms with Crippen LogP contribution in [0.25, 0.3) is 0 Å². The maximum atomic E-state index is 11.3. The van der Waals surface area contributed by atoms with Crippen molar-refractivity contribution in [3.63, 3.8) is 0 Å². The van der Waals surface area contributed by atoms with E-state index in [0.717, 1.165) is 37.0 Å². The Bertz CT molecular complexity index is 429. The molecule has 1 aliphatic heterocycles. The molecule has 0 fully saturated rings. The summed E-state index contributed by atoms with van der Waals surface area (Å²) in [5, 5.41) is 16.9. The van der Waals surface area contributed by atoms with Crippen LogP contribution < -0.4 is 10.6 Å². The lowest BCUT2D eigenvalue weighted by Gasteiger charge is -2.20. The van der Waals surface area contributed by atoms with Gasteiger partial charge in [0.2, 0.25) is 0 Å². The van der Waals surface area contributed by atoms with E-state index >= 15 is 0 Å². The van der Waals surface area contributed by atoms with E-state index in [1.54, 1.807) is 0 Å². The number of nitrogens with one attached hydrogen (secondary N) is 2. The van der Waals surface area contributed by atoms with Crippen molar-refractivity contribution in [1.29, 1.82) is 0 Å². The van der Waals surface area contributed by atoms with Crippen molar-refractivity contribution < 1.29 is 10.0 Å². The molecule has 1 heterocycles. The Hall–Kier alpha value is -1.88. The highest BCUT2D eigenvalue weighted by Gasteiger charge is 2.13. The molecule has 5 heteroatoms. The SMILES string of the molecule is O=C(/C=N\O)Nc1cccc2c1CNCC2. The fourth-order valence-electron chi connectivity index (χ4n) is 1.85. The van der Waals surface area contributed by atoms with Crippen molar-refractivity contribution in [2.75, 3.05) is 11.9 Å². The van der Waals surface area contributed by atoms with Gasteiger partial charge in [-0.25, -0.2) is 0 Å². The Balaban J connectivity index is 2.24. The summed E-state index contributed by atoms with van der Waals surface area (Å²) in [6, 6.07) is 5.82. The molecule has 1 aromatic carbocycles. The van der Waals surface area contributed by atoms with Crippen LogP contribution in [0.5, 0.6) is 0 Å². The smallest absolute Gasteiger partial charge is 0.270 e. The van der Waals surface area contributed by atoms with Gasteiger partial charge in [0.15, 0.2) is 0 Å². The minimum atomic E-state index is -0.429. The molecule has 3 N–H and O–H groups in total. The molecule has 1 aromatic rings. The molecular formula is C11H13N3O2. The Morgan fingerprint density at radius 2 is 2.44 bits per heavy atom. The lowest BCUT2D eigenvalue weighted by molar-refractivity contribution is -0.110. The van der Waals surface area contributed by atoms with Gasteiger partial charge in [-0.3, -0.25) is 4.79 Å². The predicted molar refractivity (Wildman–Crippen MR) is 60.8 cm³/mol. The minimum absolute atomic E-state index is 0.429. The normalized spacial score (nSPS) is 14.8. The molecule has 0 bridgehead atoms. The Labute approximate surface area is 93.2 Å². The molecule has 1 amide bonds. The van der Waals surface area contributed by atoms with E-state index in [0.29, 0.717) is 0 Å². The fourth-order valence-corrected chi connectivity index (χ4v) is 1.85. The average molecular weight is 219 g/mol. The highest BCUT2D eigenvalue weighted by molar-refractivity contribution is 6.31. The van der Waals surface area contributed by atoms with Crippen molar-refractivity contribution in [2.45, 2.75) is 13.0 Å². The van der Waals surface area contributed by atoms with E-state index in [9.17, 15) is 4.79 Å². The number of amides is 1. The maximum Gasteiger partial charge on any atom is 0.270 e. The number of anilines is 1. The van der Waals surface area contributed by atoms with E-state index in [2.05, 4.69) is 21.9 Å². The largest absolute Gasteiger partial charge is 0.411 e. The predicted octanol–water partition coefficient (Wildman–Crippen LogP) is 0.731. The zero-order valence-corrected chi connectivity index (χ0v) is 8.73. The molecule has 0 aliphatic carbocycles. The molecule has 0 saturated heterocycles. The summed E-state index contributed by atoms with van der Waals surface area (Å²) in [6.07, 6.45) is 1.81. The standard InChI is InChI=1S/C11H13N3O2/c15-11(7-13-16)14-10-3-1-2-8-4-5-12-6-9(8)10/h1-3,7,12,16H,4-6H2,(H,14,15)/b13-7-. The van der Waals surface area contributed by atoms with Crippen molar-refractivity contribution in [3.8, 4) is 0 Å². The van der Waals surface area contributed by atoms with Crippen LogP contribution >= 0.6 is 0 Å². The second-order valence-corrected chi connectivity index (χ2v) is 3.60. The summed E-state index contributed by atoms with van der Waals surface area (Å²) >= 11 is 0. The van der Waals surface area contributed by atoms with Crippen molar-refractivity contribution in [3.05, 3.63) is 29.3 Å². The topological polar surface area (TPSA) is 73.7 Å². The molecule has 16 heavy (non-hydrogen) atoms. The molecule has 0 aromatic heterocycles. The Morgan fingerprint density at radius 3 is 3.25 bits per heavy atom. The van der Waals surface area contributed by atoms with Gasteiger partial charge in [0.05, 0.1) is 0 Å². The van der Waals surface area contributed by atoms with Crippen LogP contribution in [0, 0.1) is 0 Å². The van der Waals surface area contributed by atoms with Crippen molar-refractivity contribution in [1.82, 2.24) is 5.32 Å². The van der Waals surface area contributed by atoms with Gasteiger partial charge in [-0.1, -0.05) is 17.3 Å². The number of carbonyl (C=O) groups excluding carboxylic acids is 1. The summed E-state index contributed by atoms with van der Waals surface area (Å²) in [5.41, 5.74) is 3.13. The maximum absolute atomic E-state index is 11.3. The van der Waals surface area contributed by atoms with Gasteiger partial charge in [-0.15, -0.1) is 0 Å². The fraction of sp³-hybridized carbons (Fsp3) is 0.273. The first-order valence-corrected chi connectivity index (χ1v) is 5.11. The highest BCUT2D eigenvalue weighted by atomic mass is 16.4. The second kappa shape index (κ2) is 4.76. The third-order valence-electron chi connectivity index (χ3n) is 2.58. The summed E-state index contributed by atoms with van der Waals surface area (Å²) < 4.78 is 0. The average Bonchev–Trinajstić information content (AvgIpc) is 2.30. The molecule has 0 saturated carbocycles. The summed E-state index contributed by atoms with van der Waals surface area (Å²) in [6.45, 7) is 1.71. The van der Waals surface area contributed by atoms with Crippen LogP contribution in [-0.2, 0) is 17.8 Å². The van der Waals surface area contributed by atoms with E-state index < -0.39 is 5.91 Å². The van der Waals surface area contributed by atoms with E-state index in [1.165, 1.54) is 5.56 Å². The van der Waals surface area contributed by atoms with Gasteiger partial charge in [-0.2, -0.15) is 0 Å². The molecule has 0 unspecified atom stereocenters. The molecule has 5 nitrogen and oxygen atoms in total. The van der Waals surface area contributed by atoms with E-state index in [1.807, 2.05) is 12.1 Å². The number of hydrogen-bond acceptors (Lipinski definition) is 4. The van der Waals surface area contributed by atoms with Gasteiger partial charge in [0.25, 0.3) is 5.91 Å². The van der Waals surface area contributed by atoms with Crippen LogP contribution in [0.2, 0.25) is 0 Å². The number of oxime groups is 1. The summed E-state index contributed by atoms with van der Waals surface area (Å²) in [4.78, 5) is 11.3. The van der Waals surface area contributed by atoms with Gasteiger partial charge < -0.3 is 15.8 Å². The number of rotatable bonds is 2. The van der Waals surface area contributed by atoms with Gasteiger partial charge in [-0.05, 0) is 30.2 Å². The minimum Gasteiger partial charge on any atom is -0.411 e. The van der Waals surface area contributed by atoms with Crippen LogP contribution in [0.1, 0.15) is 11.1 Å². The van der Waals surface area contributed by atoms with Crippen molar-refractivity contribution >= 4 is 17.8 Å². The molecule has 1 aliphatic rings. The first-order chi connectivity index (χ1) is 7.81. The summed E-state index contributed by atoms with van der Waals surface area (Å²) in [5.74, 6) is -0.429. The second-order valence-electron chi connectivity index (χ2n) is 3.60. The molecule has 0 radical (unpaired) electrons. The zero-order chi connectivity index (χ0) is 11.4. The van der Waals surface area contributed by atoms with Crippen LogP contribution in [0.15, 0.2) is 23.4 Å². The number of hydrogen-bond donors (Lipinski definition) is 3. The highest BCUT2D eigenvalue weighted by Crippen LogP contribution is 2.22. The van der Waals surface area contributed by atoms with Gasteiger partial charge in [0.1, 0.15) is 6.21 Å². The van der Waals surface area contributed by atoms with Crippen molar-refractivity contribution in [2.24, 2.45) is 5.16 Å². The van der Waals surface area contributed by atoms with E-state index in [-0.39, 0.29) is 0 Å². The first kappa shape index (κ1) is 10.6. The molecule has 0 spiro atoms. The third kappa shape index (κ3) is 2.20. The lowest BCUT2D eigenvalue weighted by atomic mass is 9.99. The molecule has 0 atom stereocenters. The number of benzene rings is 1. The third-order valence-corrected chi connectivity index (χ3v) is 2.58. The molecule has 2 rings (SSSR count). The number of carbonyl (C=O) groups is 1. The monoisotopic (exact) mass is 219 g/mol. The number of fused-ring (bicyclic) bond motifs is 1. The van der Waals surface area contributed by atoms with Crippen LogP contribution in [0.4, 0.5) is 5.69 Å². The first-order valence-electron chi connectivity index (χ1n) is 5.11. The summed E-state index contributed by atoms with van der Waals surface area (Å²) in [7, 11) is 0. The quantitative estimate of drug-likeness (QED) is 0.390. The van der Waals surface area contributed by atoms with Crippen LogP contribution in [-0.4, -0.2) is 23.9 Å². The molecule has 84 valence electrons. The zero-order valence-electron chi connectivity index (χ0n) is 8.73. The van der Waals surface area contributed by atoms with Gasteiger partial charge in [0, 0.05) is 12.2 Å². The van der Waals surface area contributed by atoms with Gasteiger partial charge >= 0.3 is 0 Å². The van der Waals surface area contributed by atoms with E-state index in [4.69, 9.17) is 5.21 Å². The Kier molecular flexibility index (Phi) is 3.16. The Morgan fingerprint density at radius 1 is 1.56 bits per heavy atom. The molecular weight excluding hydrogens is 206 g/mol. The lowest BCUT2D eigenvalue weighted by Crippen LogP contribution is -2.25. The number of nitrogens with zero attached hydrogens (tertiary/aromatic N) is 1. The van der Waals surface area contributed by atoms with Crippen LogP contribution in [0.3, 0.4) is 0 Å².